The molecule has 1 N–H and O–H groups in total. The van der Waals surface area contributed by atoms with Crippen LogP contribution in [0.25, 0.3) is 0 Å². The molecule has 0 bridgehead atoms. The molecule has 0 aromatic heterocycles. The molecule has 1 rings (SSSR count). The summed E-state index contributed by atoms with van der Waals surface area (Å²) in [4.78, 5) is 24.1. The highest BCUT2D eigenvalue weighted by Gasteiger charge is 2.57. The first kappa shape index (κ1) is 22.2. The molecule has 0 aliphatic heterocycles. The normalized spacial score (nSPS) is 13.6. The molecule has 5 heteroatoms. The van der Waals surface area contributed by atoms with Gasteiger partial charge in [-0.2, -0.15) is 0 Å². The Balaban J connectivity index is 3.53. The maximum Gasteiger partial charge on any atom is 0.331 e. The molecule has 0 radical (unpaired) electrons. The molecule has 0 aliphatic rings. The van der Waals surface area contributed by atoms with E-state index in [-0.39, 0.29) is 27.3 Å². The SMILES string of the molecule is C/C(C(=O)O)=C(\C)C(=O)O[Si](C(C)C)(C(C)C)C(C)(C)c1ccccc1. The van der Waals surface area contributed by atoms with Gasteiger partial charge in [-0.05, 0) is 30.5 Å². The molecule has 0 saturated carbocycles. The van der Waals surface area contributed by atoms with E-state index in [2.05, 4.69) is 53.7 Å². The summed E-state index contributed by atoms with van der Waals surface area (Å²) in [6, 6.07) is 10.1. The van der Waals surface area contributed by atoms with Gasteiger partial charge in [0.05, 0.1) is 0 Å². The first-order valence-corrected chi connectivity index (χ1v) is 11.2. The van der Waals surface area contributed by atoms with Gasteiger partial charge in [0.1, 0.15) is 0 Å². The van der Waals surface area contributed by atoms with Crippen molar-refractivity contribution in [1.82, 2.24) is 0 Å². The van der Waals surface area contributed by atoms with E-state index in [0.717, 1.165) is 5.56 Å². The number of aliphatic carboxylic acids is 1. The van der Waals surface area contributed by atoms with Crippen LogP contribution in [0.3, 0.4) is 0 Å². The minimum Gasteiger partial charge on any atom is -0.514 e. The van der Waals surface area contributed by atoms with Crippen LogP contribution in [0, 0.1) is 0 Å². The Morgan fingerprint density at radius 1 is 0.962 bits per heavy atom. The molecule has 26 heavy (non-hydrogen) atoms. The lowest BCUT2D eigenvalue weighted by atomic mass is 10.0. The number of benzene rings is 1. The number of rotatable bonds is 7. The monoisotopic (exact) mass is 376 g/mol. The second-order valence-electron chi connectivity index (χ2n) is 8.04. The molecule has 0 heterocycles. The Kier molecular flexibility index (Phi) is 7.00. The first-order chi connectivity index (χ1) is 11.9. The fourth-order valence-corrected chi connectivity index (χ4v) is 10.1. The number of carbonyl (C=O) groups excluding carboxylic acids is 1. The minimum atomic E-state index is -2.70. The predicted molar refractivity (Wildman–Crippen MR) is 108 cm³/mol. The highest BCUT2D eigenvalue weighted by atomic mass is 28.4. The average molecular weight is 377 g/mol. The molecule has 0 fully saturated rings. The van der Waals surface area contributed by atoms with Crippen molar-refractivity contribution in [2.75, 3.05) is 0 Å². The van der Waals surface area contributed by atoms with E-state index in [9.17, 15) is 14.7 Å². The van der Waals surface area contributed by atoms with E-state index in [1.165, 1.54) is 13.8 Å². The maximum atomic E-state index is 12.9. The third-order valence-electron chi connectivity index (χ3n) is 5.64. The lowest BCUT2D eigenvalue weighted by Gasteiger charge is -2.49. The van der Waals surface area contributed by atoms with Gasteiger partial charge in [-0.1, -0.05) is 71.9 Å². The third kappa shape index (κ3) is 3.93. The van der Waals surface area contributed by atoms with Crippen molar-refractivity contribution in [3.8, 4) is 0 Å². The molecule has 4 nitrogen and oxygen atoms in total. The van der Waals surface area contributed by atoms with Crippen LogP contribution in [-0.4, -0.2) is 25.4 Å². The number of hydrogen-bond acceptors (Lipinski definition) is 3. The fraction of sp³-hybridized carbons (Fsp3) is 0.524. The van der Waals surface area contributed by atoms with Crippen molar-refractivity contribution < 1.29 is 19.1 Å². The van der Waals surface area contributed by atoms with E-state index >= 15 is 0 Å². The smallest absolute Gasteiger partial charge is 0.331 e. The lowest BCUT2D eigenvalue weighted by molar-refractivity contribution is -0.135. The number of carbonyl (C=O) groups is 2. The van der Waals surface area contributed by atoms with Gasteiger partial charge in [-0.25, -0.2) is 9.59 Å². The van der Waals surface area contributed by atoms with E-state index in [0.29, 0.717) is 0 Å². The zero-order chi connectivity index (χ0) is 20.3. The zero-order valence-corrected chi connectivity index (χ0v) is 18.2. The molecule has 1 aromatic rings. The van der Waals surface area contributed by atoms with Crippen LogP contribution in [0.2, 0.25) is 11.1 Å². The minimum absolute atomic E-state index is 0.0305. The van der Waals surface area contributed by atoms with Crippen LogP contribution >= 0.6 is 0 Å². The topological polar surface area (TPSA) is 63.6 Å². The van der Waals surface area contributed by atoms with Crippen LogP contribution in [0.4, 0.5) is 0 Å². The van der Waals surface area contributed by atoms with Crippen molar-refractivity contribution in [3.63, 3.8) is 0 Å². The summed E-state index contributed by atoms with van der Waals surface area (Å²) < 4.78 is 6.29. The zero-order valence-electron chi connectivity index (χ0n) is 17.2. The van der Waals surface area contributed by atoms with Crippen LogP contribution in [0.1, 0.15) is 61.0 Å². The van der Waals surface area contributed by atoms with E-state index in [4.69, 9.17) is 4.43 Å². The summed E-state index contributed by atoms with van der Waals surface area (Å²) in [5, 5.41) is 8.87. The van der Waals surface area contributed by atoms with Gasteiger partial charge in [0.2, 0.25) is 0 Å². The van der Waals surface area contributed by atoms with Crippen molar-refractivity contribution in [2.24, 2.45) is 0 Å². The van der Waals surface area contributed by atoms with Crippen LogP contribution in [0.15, 0.2) is 41.5 Å². The van der Waals surface area contributed by atoms with Crippen LogP contribution in [-0.2, 0) is 19.1 Å². The van der Waals surface area contributed by atoms with Gasteiger partial charge in [-0.15, -0.1) is 0 Å². The van der Waals surface area contributed by atoms with Crippen molar-refractivity contribution in [2.45, 2.75) is 71.5 Å². The van der Waals surface area contributed by atoms with E-state index in [1.54, 1.807) is 0 Å². The summed E-state index contributed by atoms with van der Waals surface area (Å²) in [5.41, 5.74) is 1.67. The second-order valence-corrected chi connectivity index (χ2v) is 13.4. The summed E-state index contributed by atoms with van der Waals surface area (Å²) in [6.07, 6.45) is 0. The predicted octanol–water partition coefficient (Wildman–Crippen LogP) is 5.23. The molecule has 144 valence electrons. The van der Waals surface area contributed by atoms with E-state index in [1.807, 2.05) is 18.2 Å². The van der Waals surface area contributed by atoms with Gasteiger partial charge >= 0.3 is 11.9 Å². The molecule has 0 saturated heterocycles. The molecule has 1 aromatic carbocycles. The summed E-state index contributed by atoms with van der Waals surface area (Å²) >= 11 is 0. The molecular weight excluding hydrogens is 344 g/mol. The Morgan fingerprint density at radius 2 is 1.42 bits per heavy atom. The summed E-state index contributed by atoms with van der Waals surface area (Å²) in [5.74, 6) is -1.61. The Morgan fingerprint density at radius 3 is 1.81 bits per heavy atom. The van der Waals surface area contributed by atoms with Crippen molar-refractivity contribution >= 4 is 20.3 Å². The standard InChI is InChI=1S/C21H32O4Si/c1-14(2)26(15(3)4,21(7,8)18-12-10-9-11-13-18)25-20(24)17(6)16(5)19(22)23/h9-15H,1-8H3,(H,22,23)/b17-16-. The summed E-state index contributed by atoms with van der Waals surface area (Å²) in [6.45, 7) is 15.7. The highest BCUT2D eigenvalue weighted by Crippen LogP contribution is 2.48. The molecule has 0 spiro atoms. The Labute approximate surface area is 158 Å². The van der Waals surface area contributed by atoms with Crippen molar-refractivity contribution in [3.05, 3.63) is 47.0 Å². The Bertz CT molecular complexity index is 679. The van der Waals surface area contributed by atoms with Crippen molar-refractivity contribution in [1.29, 1.82) is 0 Å². The molecular formula is C21H32O4Si. The van der Waals surface area contributed by atoms with Gasteiger partial charge in [-0.3, -0.25) is 0 Å². The highest BCUT2D eigenvalue weighted by molar-refractivity contribution is 6.80. The molecule has 0 atom stereocenters. The number of carboxylic acids is 1. The quantitative estimate of drug-likeness (QED) is 0.522. The molecule has 0 aliphatic carbocycles. The maximum absolute atomic E-state index is 12.9. The van der Waals surface area contributed by atoms with Gasteiger partial charge < -0.3 is 9.53 Å². The largest absolute Gasteiger partial charge is 0.514 e. The van der Waals surface area contributed by atoms with Crippen LogP contribution < -0.4 is 0 Å². The fourth-order valence-electron chi connectivity index (χ4n) is 4.10. The van der Waals surface area contributed by atoms with Gasteiger partial charge in [0.25, 0.3) is 8.32 Å². The average Bonchev–Trinajstić information content (AvgIpc) is 2.57. The summed E-state index contributed by atoms with van der Waals surface area (Å²) in [7, 11) is -2.70. The Hall–Kier alpha value is -1.88. The molecule has 0 unspecified atom stereocenters. The second kappa shape index (κ2) is 8.21. The van der Waals surface area contributed by atoms with Crippen LogP contribution in [0.5, 0.6) is 0 Å². The lowest BCUT2D eigenvalue weighted by Crippen LogP contribution is -2.60. The van der Waals surface area contributed by atoms with Gasteiger partial charge in [0.15, 0.2) is 0 Å². The number of hydrogen-bond donors (Lipinski definition) is 1. The number of carboxylic acid groups (broad SMARTS) is 1. The van der Waals surface area contributed by atoms with E-state index < -0.39 is 20.3 Å². The first-order valence-electron chi connectivity index (χ1n) is 9.09. The third-order valence-corrected chi connectivity index (χ3v) is 11.8. The molecule has 0 amide bonds. The van der Waals surface area contributed by atoms with Gasteiger partial charge in [0, 0.05) is 16.2 Å².